The maximum atomic E-state index is 12.3. The Balaban J connectivity index is 2.17. The molecule has 0 aliphatic carbocycles. The molecule has 1 amide bonds. The predicted octanol–water partition coefficient (Wildman–Crippen LogP) is 2.76. The van der Waals surface area contributed by atoms with Crippen molar-refractivity contribution in [1.29, 1.82) is 0 Å². The lowest BCUT2D eigenvalue weighted by Gasteiger charge is -2.32. The molecule has 0 radical (unpaired) electrons. The summed E-state index contributed by atoms with van der Waals surface area (Å²) in [5, 5.41) is 10.6. The second kappa shape index (κ2) is 6.02. The zero-order valence-electron chi connectivity index (χ0n) is 13.1. The Labute approximate surface area is 125 Å². The van der Waals surface area contributed by atoms with Crippen LogP contribution in [0.3, 0.4) is 0 Å². The van der Waals surface area contributed by atoms with Crippen LogP contribution in [0.25, 0.3) is 0 Å². The first-order valence-electron chi connectivity index (χ1n) is 7.38. The summed E-state index contributed by atoms with van der Waals surface area (Å²) in [4.78, 5) is 18.2. The molecule has 1 aromatic heterocycles. The van der Waals surface area contributed by atoms with E-state index < -0.39 is 11.7 Å². The minimum Gasteiger partial charge on any atom is -0.444 e. The minimum atomic E-state index is -0.795. The molecule has 1 aliphatic heterocycles. The molecule has 0 aromatic carbocycles. The summed E-state index contributed by atoms with van der Waals surface area (Å²) >= 11 is 0. The van der Waals surface area contributed by atoms with Crippen LogP contribution in [0.5, 0.6) is 0 Å². The molecular formula is C16H24N2O3. The van der Waals surface area contributed by atoms with Gasteiger partial charge in [-0.25, -0.2) is 4.79 Å². The van der Waals surface area contributed by atoms with Crippen LogP contribution in [0.2, 0.25) is 0 Å². The highest BCUT2D eigenvalue weighted by atomic mass is 16.6. The van der Waals surface area contributed by atoms with Gasteiger partial charge < -0.3 is 14.7 Å². The molecule has 0 saturated carbocycles. The maximum Gasteiger partial charge on any atom is 0.410 e. The van der Waals surface area contributed by atoms with Crippen LogP contribution >= 0.6 is 0 Å². The second-order valence-corrected chi connectivity index (χ2v) is 6.63. The zero-order valence-corrected chi connectivity index (χ0v) is 13.1. The smallest absolute Gasteiger partial charge is 0.410 e. The number of rotatable bonds is 2. The molecule has 5 heteroatoms. The number of aromatic nitrogens is 1. The molecule has 1 saturated heterocycles. The molecule has 2 rings (SSSR count). The van der Waals surface area contributed by atoms with E-state index in [0.29, 0.717) is 12.2 Å². The summed E-state index contributed by atoms with van der Waals surface area (Å²) in [5.74, 6) is 0.203. The van der Waals surface area contributed by atoms with E-state index in [-0.39, 0.29) is 18.1 Å². The number of hydrogen-bond donors (Lipinski definition) is 1. The van der Waals surface area contributed by atoms with Gasteiger partial charge in [-0.15, -0.1) is 0 Å². The average Bonchev–Trinajstić information content (AvgIpc) is 2.79. The van der Waals surface area contributed by atoms with Crippen LogP contribution in [-0.2, 0) is 4.74 Å². The summed E-state index contributed by atoms with van der Waals surface area (Å²) in [6.45, 7) is 8.17. The Bertz CT molecular complexity index is 484. The highest BCUT2D eigenvalue weighted by Crippen LogP contribution is 2.33. The third kappa shape index (κ3) is 3.73. The van der Waals surface area contributed by atoms with Gasteiger partial charge >= 0.3 is 6.09 Å². The summed E-state index contributed by atoms with van der Waals surface area (Å²) in [7, 11) is 0. The average molecular weight is 292 g/mol. The van der Waals surface area contributed by atoms with Crippen molar-refractivity contribution in [1.82, 2.24) is 9.88 Å². The van der Waals surface area contributed by atoms with Crippen molar-refractivity contribution < 1.29 is 14.6 Å². The van der Waals surface area contributed by atoms with Crippen molar-refractivity contribution in [3.05, 3.63) is 30.1 Å². The number of hydrogen-bond acceptors (Lipinski definition) is 4. The summed E-state index contributed by atoms with van der Waals surface area (Å²) in [6, 6.07) is 5.13. The number of likely N-dealkylation sites (tertiary alicyclic amines) is 1. The monoisotopic (exact) mass is 292 g/mol. The van der Waals surface area contributed by atoms with E-state index >= 15 is 0 Å². The van der Waals surface area contributed by atoms with Crippen LogP contribution in [-0.4, -0.2) is 39.3 Å². The minimum absolute atomic E-state index is 0.203. The number of carbonyl (C=O) groups is 1. The van der Waals surface area contributed by atoms with Gasteiger partial charge in [-0.2, -0.15) is 0 Å². The molecule has 3 unspecified atom stereocenters. The molecule has 1 aliphatic rings. The molecule has 2 heterocycles. The molecule has 0 bridgehead atoms. The van der Waals surface area contributed by atoms with Crippen molar-refractivity contribution in [2.24, 2.45) is 5.92 Å². The van der Waals surface area contributed by atoms with Gasteiger partial charge in [0.1, 0.15) is 11.7 Å². The molecule has 1 N–H and O–H groups in total. The Morgan fingerprint density at radius 1 is 1.48 bits per heavy atom. The first-order chi connectivity index (χ1) is 9.79. The lowest BCUT2D eigenvalue weighted by atomic mass is 9.95. The zero-order chi connectivity index (χ0) is 15.6. The van der Waals surface area contributed by atoms with E-state index in [1.807, 2.05) is 33.8 Å². The summed E-state index contributed by atoms with van der Waals surface area (Å²) in [5.41, 5.74) is 0.0495. The van der Waals surface area contributed by atoms with Gasteiger partial charge in [-0.3, -0.25) is 4.98 Å². The van der Waals surface area contributed by atoms with E-state index in [0.717, 1.165) is 6.42 Å². The van der Waals surface area contributed by atoms with E-state index in [2.05, 4.69) is 4.98 Å². The van der Waals surface area contributed by atoms with Crippen LogP contribution < -0.4 is 0 Å². The molecule has 5 nitrogen and oxygen atoms in total. The molecular weight excluding hydrogens is 268 g/mol. The first-order valence-corrected chi connectivity index (χ1v) is 7.38. The fraction of sp³-hybridized carbons (Fsp3) is 0.625. The Kier molecular flexibility index (Phi) is 4.52. The highest BCUT2D eigenvalue weighted by Gasteiger charge is 2.41. The number of pyridine rings is 1. The van der Waals surface area contributed by atoms with Gasteiger partial charge in [0.05, 0.1) is 11.7 Å². The first kappa shape index (κ1) is 15.8. The normalized spacial score (nSPS) is 24.0. The third-order valence-corrected chi connectivity index (χ3v) is 3.71. The van der Waals surface area contributed by atoms with Crippen molar-refractivity contribution in [2.75, 3.05) is 6.54 Å². The topological polar surface area (TPSA) is 62.7 Å². The quantitative estimate of drug-likeness (QED) is 0.910. The number of aliphatic hydroxyl groups excluding tert-OH is 1. The third-order valence-electron chi connectivity index (χ3n) is 3.71. The molecule has 0 spiro atoms. The van der Waals surface area contributed by atoms with Crippen molar-refractivity contribution >= 4 is 6.09 Å². The molecule has 3 atom stereocenters. The van der Waals surface area contributed by atoms with Gasteiger partial charge in [0.25, 0.3) is 0 Å². The lowest BCUT2D eigenvalue weighted by molar-refractivity contribution is -0.00102. The van der Waals surface area contributed by atoms with E-state index in [1.54, 1.807) is 23.2 Å². The van der Waals surface area contributed by atoms with Crippen molar-refractivity contribution in [3.8, 4) is 0 Å². The fourth-order valence-corrected chi connectivity index (χ4v) is 2.71. The van der Waals surface area contributed by atoms with Crippen molar-refractivity contribution in [3.63, 3.8) is 0 Å². The fourth-order valence-electron chi connectivity index (χ4n) is 2.71. The molecule has 1 fully saturated rings. The van der Waals surface area contributed by atoms with Crippen LogP contribution in [0.4, 0.5) is 4.79 Å². The van der Waals surface area contributed by atoms with Gasteiger partial charge in [0.2, 0.25) is 0 Å². The number of carbonyl (C=O) groups excluding carboxylic acids is 1. The van der Waals surface area contributed by atoms with Gasteiger partial charge in [0.15, 0.2) is 0 Å². The molecule has 21 heavy (non-hydrogen) atoms. The summed E-state index contributed by atoms with van der Waals surface area (Å²) in [6.07, 6.45) is 1.34. The van der Waals surface area contributed by atoms with Gasteiger partial charge in [-0.05, 0) is 45.2 Å². The highest BCUT2D eigenvalue weighted by molar-refractivity contribution is 5.69. The largest absolute Gasteiger partial charge is 0.444 e. The van der Waals surface area contributed by atoms with E-state index in [1.165, 1.54) is 0 Å². The summed E-state index contributed by atoms with van der Waals surface area (Å²) < 4.78 is 5.44. The van der Waals surface area contributed by atoms with Crippen LogP contribution in [0.15, 0.2) is 24.4 Å². The lowest BCUT2D eigenvalue weighted by Crippen LogP contribution is -2.44. The SMILES string of the molecule is CC1CCN(C(=O)OC(C)(C)C)C1C(O)c1ccccn1. The molecule has 1 aromatic rings. The standard InChI is InChI=1S/C16H24N2O3/c1-11-8-10-18(15(20)21-16(2,3)4)13(11)14(19)12-7-5-6-9-17-12/h5-7,9,11,13-14,19H,8,10H2,1-4H3. The predicted molar refractivity (Wildman–Crippen MR) is 79.7 cm³/mol. The Hall–Kier alpha value is -1.62. The number of amides is 1. The molecule has 116 valence electrons. The van der Waals surface area contributed by atoms with Crippen molar-refractivity contribution in [2.45, 2.75) is 51.9 Å². The van der Waals surface area contributed by atoms with Crippen LogP contribution in [0.1, 0.15) is 45.9 Å². The second-order valence-electron chi connectivity index (χ2n) is 6.63. The Morgan fingerprint density at radius 2 is 2.19 bits per heavy atom. The Morgan fingerprint density at radius 3 is 2.76 bits per heavy atom. The number of nitrogens with zero attached hydrogens (tertiary/aromatic N) is 2. The number of aliphatic hydroxyl groups is 1. The van der Waals surface area contributed by atoms with Gasteiger partial charge in [-0.1, -0.05) is 13.0 Å². The van der Waals surface area contributed by atoms with E-state index in [4.69, 9.17) is 4.74 Å². The van der Waals surface area contributed by atoms with E-state index in [9.17, 15) is 9.90 Å². The van der Waals surface area contributed by atoms with Crippen LogP contribution in [0, 0.1) is 5.92 Å². The maximum absolute atomic E-state index is 12.3. The van der Waals surface area contributed by atoms with Gasteiger partial charge in [0, 0.05) is 12.7 Å². The number of ether oxygens (including phenoxy) is 1.